The molecule has 3 nitrogen and oxygen atoms in total. The number of benzene rings is 2. The van der Waals surface area contributed by atoms with Crippen molar-refractivity contribution in [2.45, 2.75) is 6.42 Å². The maximum Gasteiger partial charge on any atom is 0.119 e. The van der Waals surface area contributed by atoms with Crippen molar-refractivity contribution in [1.82, 2.24) is 4.98 Å². The minimum atomic E-state index is 0.787. The highest BCUT2D eigenvalue weighted by molar-refractivity contribution is 7.10. The summed E-state index contributed by atoms with van der Waals surface area (Å²) in [7, 11) is 1.67. The van der Waals surface area contributed by atoms with Gasteiger partial charge >= 0.3 is 0 Å². The topological polar surface area (TPSA) is 48.1 Å². The van der Waals surface area contributed by atoms with E-state index in [0.29, 0.717) is 0 Å². The minimum absolute atomic E-state index is 0.787. The molecule has 0 bridgehead atoms. The molecule has 0 radical (unpaired) electrons. The van der Waals surface area contributed by atoms with Gasteiger partial charge in [0.15, 0.2) is 0 Å². The van der Waals surface area contributed by atoms with Crippen molar-refractivity contribution < 1.29 is 4.74 Å². The zero-order valence-electron chi connectivity index (χ0n) is 11.7. The number of hydrogen-bond acceptors (Lipinski definition) is 4. The highest BCUT2D eigenvalue weighted by Crippen LogP contribution is 2.26. The summed E-state index contributed by atoms with van der Waals surface area (Å²) >= 11 is 1.67. The molecule has 0 spiro atoms. The molecule has 0 aliphatic carbocycles. The Hall–Kier alpha value is -2.33. The van der Waals surface area contributed by atoms with Gasteiger partial charge in [-0.05, 0) is 29.8 Å². The largest absolute Gasteiger partial charge is 0.497 e. The third-order valence-corrected chi connectivity index (χ3v) is 4.10. The first-order valence-electron chi connectivity index (χ1n) is 6.68. The summed E-state index contributed by atoms with van der Waals surface area (Å²) in [6.45, 7) is 0. The van der Waals surface area contributed by atoms with E-state index in [9.17, 15) is 0 Å². The van der Waals surface area contributed by atoms with E-state index < -0.39 is 0 Å². The van der Waals surface area contributed by atoms with Gasteiger partial charge in [-0.2, -0.15) is 0 Å². The maximum absolute atomic E-state index is 5.70. The highest BCUT2D eigenvalue weighted by Gasteiger charge is 2.06. The minimum Gasteiger partial charge on any atom is -0.497 e. The molecule has 0 atom stereocenters. The normalized spacial score (nSPS) is 10.5. The van der Waals surface area contributed by atoms with Crippen LogP contribution in [0.2, 0.25) is 0 Å². The van der Waals surface area contributed by atoms with Crippen LogP contribution in [0.1, 0.15) is 10.6 Å². The van der Waals surface area contributed by atoms with Crippen molar-refractivity contribution >= 4 is 17.0 Å². The van der Waals surface area contributed by atoms with Crippen molar-refractivity contribution in [2.24, 2.45) is 0 Å². The number of hydrogen-bond donors (Lipinski definition) is 1. The zero-order valence-corrected chi connectivity index (χ0v) is 12.6. The molecular weight excluding hydrogens is 280 g/mol. The fourth-order valence-electron chi connectivity index (χ4n) is 2.12. The maximum atomic E-state index is 5.70. The number of aromatic nitrogens is 1. The number of nitrogen functional groups attached to an aromatic ring is 1. The summed E-state index contributed by atoms with van der Waals surface area (Å²) in [5.41, 5.74) is 9.78. The van der Waals surface area contributed by atoms with E-state index >= 15 is 0 Å². The summed E-state index contributed by atoms with van der Waals surface area (Å²) < 4.78 is 5.25. The summed E-state index contributed by atoms with van der Waals surface area (Å²) in [6.07, 6.45) is 0.828. The Morgan fingerprint density at radius 3 is 2.71 bits per heavy atom. The summed E-state index contributed by atoms with van der Waals surface area (Å²) in [6, 6.07) is 15.9. The number of rotatable bonds is 4. The van der Waals surface area contributed by atoms with Crippen LogP contribution in [0.4, 0.5) is 5.69 Å². The van der Waals surface area contributed by atoms with Crippen LogP contribution in [0, 0.1) is 0 Å². The van der Waals surface area contributed by atoms with Gasteiger partial charge in [0.1, 0.15) is 5.75 Å². The van der Waals surface area contributed by atoms with Crippen LogP contribution in [-0.2, 0) is 6.42 Å². The smallest absolute Gasteiger partial charge is 0.119 e. The van der Waals surface area contributed by atoms with Gasteiger partial charge < -0.3 is 10.5 Å². The van der Waals surface area contributed by atoms with Crippen molar-refractivity contribution in [2.75, 3.05) is 12.8 Å². The van der Waals surface area contributed by atoms with E-state index in [1.165, 1.54) is 5.56 Å². The van der Waals surface area contributed by atoms with Gasteiger partial charge in [0, 0.05) is 23.1 Å². The molecular formula is C17H16N2OS. The third-order valence-electron chi connectivity index (χ3n) is 3.25. The molecule has 4 heteroatoms. The van der Waals surface area contributed by atoms with Crippen LogP contribution in [0.25, 0.3) is 11.3 Å². The Kier molecular flexibility index (Phi) is 3.88. The average molecular weight is 296 g/mol. The molecule has 0 saturated heterocycles. The monoisotopic (exact) mass is 296 g/mol. The van der Waals surface area contributed by atoms with Crippen molar-refractivity contribution in [3.05, 3.63) is 64.5 Å². The Balaban J connectivity index is 1.81. The molecule has 2 aromatic carbocycles. The molecule has 0 aliphatic heterocycles. The number of nitrogens with two attached hydrogens (primary N) is 1. The standard InChI is InChI=1S/C17H16N2OS/c1-20-15-4-2-3-13(10-15)16-11-21-17(19-16)9-12-5-7-14(18)8-6-12/h2-8,10-11H,9,18H2,1H3. The molecule has 0 saturated carbocycles. The Morgan fingerprint density at radius 1 is 1.14 bits per heavy atom. The Morgan fingerprint density at radius 2 is 1.95 bits per heavy atom. The molecule has 0 fully saturated rings. The van der Waals surface area contributed by atoms with Crippen LogP contribution in [0.3, 0.4) is 0 Å². The number of nitrogens with zero attached hydrogens (tertiary/aromatic N) is 1. The van der Waals surface area contributed by atoms with Gasteiger partial charge in [-0.15, -0.1) is 11.3 Å². The van der Waals surface area contributed by atoms with E-state index in [-0.39, 0.29) is 0 Å². The van der Waals surface area contributed by atoms with Crippen LogP contribution < -0.4 is 10.5 Å². The lowest BCUT2D eigenvalue weighted by molar-refractivity contribution is 0.415. The number of anilines is 1. The van der Waals surface area contributed by atoms with Crippen molar-refractivity contribution in [1.29, 1.82) is 0 Å². The predicted molar refractivity (Wildman–Crippen MR) is 87.8 cm³/mol. The zero-order chi connectivity index (χ0) is 14.7. The molecule has 0 aliphatic rings. The quantitative estimate of drug-likeness (QED) is 0.740. The van der Waals surface area contributed by atoms with Crippen LogP contribution in [0.15, 0.2) is 53.9 Å². The highest BCUT2D eigenvalue weighted by atomic mass is 32.1. The first-order chi connectivity index (χ1) is 10.2. The number of ether oxygens (including phenoxy) is 1. The average Bonchev–Trinajstić information content (AvgIpc) is 2.98. The lowest BCUT2D eigenvalue weighted by Gasteiger charge is -2.01. The second-order valence-corrected chi connectivity index (χ2v) is 5.72. The van der Waals surface area contributed by atoms with Crippen molar-refractivity contribution in [3.63, 3.8) is 0 Å². The molecule has 1 aromatic heterocycles. The molecule has 2 N–H and O–H groups in total. The van der Waals surface area contributed by atoms with Crippen molar-refractivity contribution in [3.8, 4) is 17.0 Å². The van der Waals surface area contributed by atoms with E-state index in [1.54, 1.807) is 18.4 Å². The molecule has 0 unspecified atom stereocenters. The lowest BCUT2D eigenvalue weighted by Crippen LogP contribution is -1.89. The number of thiazole rings is 1. The molecule has 3 rings (SSSR count). The predicted octanol–water partition coefficient (Wildman–Crippen LogP) is 3.99. The summed E-state index contributed by atoms with van der Waals surface area (Å²) in [4.78, 5) is 4.71. The second kappa shape index (κ2) is 5.97. The van der Waals surface area contributed by atoms with Gasteiger partial charge in [0.05, 0.1) is 17.8 Å². The molecule has 0 amide bonds. The third kappa shape index (κ3) is 3.23. The second-order valence-electron chi connectivity index (χ2n) is 4.78. The van der Waals surface area contributed by atoms with Crippen LogP contribution >= 0.6 is 11.3 Å². The molecule has 21 heavy (non-hydrogen) atoms. The van der Waals surface area contributed by atoms with Gasteiger partial charge in [-0.3, -0.25) is 0 Å². The lowest BCUT2D eigenvalue weighted by atomic mass is 10.1. The van der Waals surface area contributed by atoms with Crippen LogP contribution in [0.5, 0.6) is 5.75 Å². The van der Waals surface area contributed by atoms with Crippen LogP contribution in [-0.4, -0.2) is 12.1 Å². The first-order valence-corrected chi connectivity index (χ1v) is 7.56. The summed E-state index contributed by atoms with van der Waals surface area (Å²) in [5, 5.41) is 3.18. The van der Waals surface area contributed by atoms with E-state index in [1.807, 2.05) is 48.5 Å². The van der Waals surface area contributed by atoms with E-state index in [0.717, 1.165) is 34.1 Å². The fourth-order valence-corrected chi connectivity index (χ4v) is 2.95. The van der Waals surface area contributed by atoms with E-state index in [4.69, 9.17) is 15.5 Å². The fraction of sp³-hybridized carbons (Fsp3) is 0.118. The Labute approximate surface area is 128 Å². The van der Waals surface area contributed by atoms with Gasteiger partial charge in [-0.25, -0.2) is 4.98 Å². The van der Waals surface area contributed by atoms with Gasteiger partial charge in [0.2, 0.25) is 0 Å². The summed E-state index contributed by atoms with van der Waals surface area (Å²) in [5.74, 6) is 0.848. The molecule has 1 heterocycles. The molecule has 3 aromatic rings. The SMILES string of the molecule is COc1cccc(-c2csc(Cc3ccc(N)cc3)n2)c1. The van der Waals surface area contributed by atoms with Gasteiger partial charge in [-0.1, -0.05) is 24.3 Å². The molecule has 106 valence electrons. The number of methoxy groups -OCH3 is 1. The Bertz CT molecular complexity index is 735. The van der Waals surface area contributed by atoms with E-state index in [2.05, 4.69) is 5.38 Å². The first kappa shape index (κ1) is 13.6. The van der Waals surface area contributed by atoms with Gasteiger partial charge in [0.25, 0.3) is 0 Å².